The van der Waals surface area contributed by atoms with Gasteiger partial charge in [0.1, 0.15) is 17.5 Å². The molecule has 0 radical (unpaired) electrons. The molecule has 1 aliphatic rings. The first-order chi connectivity index (χ1) is 18.2. The van der Waals surface area contributed by atoms with E-state index in [9.17, 15) is 26.4 Å². The number of alkyl halides is 3. The van der Waals surface area contributed by atoms with Crippen LogP contribution in [0.5, 0.6) is 5.75 Å². The van der Waals surface area contributed by atoms with Gasteiger partial charge in [0.15, 0.2) is 5.76 Å². The van der Waals surface area contributed by atoms with Crippen molar-refractivity contribution >= 4 is 32.7 Å². The fourth-order valence-electron chi connectivity index (χ4n) is 4.24. The highest BCUT2D eigenvalue weighted by Gasteiger charge is 2.49. The van der Waals surface area contributed by atoms with E-state index < -0.39 is 45.2 Å². The van der Waals surface area contributed by atoms with E-state index in [0.717, 1.165) is 22.4 Å². The van der Waals surface area contributed by atoms with Crippen LogP contribution in [0, 0.1) is 0 Å². The maximum atomic E-state index is 13.4. The summed E-state index contributed by atoms with van der Waals surface area (Å²) in [6.07, 6.45) is -0.605. The number of para-hydroxylation sites is 1. The Hall–Kier alpha value is -3.73. The normalized spacial score (nSPS) is 16.5. The predicted molar refractivity (Wildman–Crippen MR) is 140 cm³/mol. The van der Waals surface area contributed by atoms with E-state index in [1.54, 1.807) is 33.8 Å². The summed E-state index contributed by atoms with van der Waals surface area (Å²) in [6.45, 7) is 6.77. The second kappa shape index (κ2) is 10.4. The summed E-state index contributed by atoms with van der Waals surface area (Å²) < 4.78 is 79.1. The third kappa shape index (κ3) is 6.30. The zero-order chi connectivity index (χ0) is 28.6. The van der Waals surface area contributed by atoms with Gasteiger partial charge in [0.2, 0.25) is 0 Å². The number of halogens is 3. The maximum absolute atomic E-state index is 13.4. The Morgan fingerprint density at radius 3 is 2.33 bits per heavy atom. The van der Waals surface area contributed by atoms with Crippen LogP contribution in [0.3, 0.4) is 0 Å². The monoisotopic (exact) mass is 563 g/mol. The van der Waals surface area contributed by atoms with E-state index >= 15 is 0 Å². The molecule has 1 unspecified atom stereocenters. The van der Waals surface area contributed by atoms with E-state index in [4.69, 9.17) is 9.47 Å². The lowest BCUT2D eigenvalue weighted by atomic mass is 9.98. The molecule has 208 valence electrons. The molecule has 3 aromatic carbocycles. The molecule has 11 heteroatoms. The largest absolute Gasteiger partial charge is 0.534 e. The van der Waals surface area contributed by atoms with Crippen LogP contribution in [0.2, 0.25) is 0 Å². The van der Waals surface area contributed by atoms with Crippen molar-refractivity contribution in [2.45, 2.75) is 51.0 Å². The van der Waals surface area contributed by atoms with Crippen LogP contribution in [-0.4, -0.2) is 43.2 Å². The van der Waals surface area contributed by atoms with Gasteiger partial charge in [-0.2, -0.15) is 21.6 Å². The van der Waals surface area contributed by atoms with Crippen LogP contribution < -0.4 is 4.74 Å². The number of hydrogen-bond acceptors (Lipinski definition) is 6. The van der Waals surface area contributed by atoms with Gasteiger partial charge in [-0.05, 0) is 56.2 Å². The lowest BCUT2D eigenvalue weighted by Crippen LogP contribution is -2.44. The number of benzene rings is 3. The molecule has 1 amide bonds. The van der Waals surface area contributed by atoms with Crippen molar-refractivity contribution in [3.63, 3.8) is 0 Å². The van der Waals surface area contributed by atoms with Gasteiger partial charge in [0.25, 0.3) is 0 Å². The molecule has 7 nitrogen and oxygen atoms in total. The van der Waals surface area contributed by atoms with Gasteiger partial charge in [-0.1, -0.05) is 54.6 Å². The molecule has 3 aromatic rings. The molecule has 39 heavy (non-hydrogen) atoms. The van der Waals surface area contributed by atoms with Crippen LogP contribution in [0.15, 0.2) is 72.8 Å². The Labute approximate surface area is 224 Å². The first-order valence-electron chi connectivity index (χ1n) is 12.1. The van der Waals surface area contributed by atoms with Gasteiger partial charge in [-0.15, -0.1) is 0 Å². The highest BCUT2D eigenvalue weighted by Crippen LogP contribution is 2.38. The second-order valence-electron chi connectivity index (χ2n) is 10.0. The van der Waals surface area contributed by atoms with Crippen molar-refractivity contribution in [2.75, 3.05) is 6.54 Å². The van der Waals surface area contributed by atoms with Crippen LogP contribution in [0.4, 0.5) is 18.0 Å². The Bertz CT molecular complexity index is 1510. The SMILES string of the molecule is C[C@H](c1cccc2ccccc12)N(CC1C=C(OS(=O)(=O)C(F)(F)F)c2ccccc2O1)C(=O)OC(C)(C)C. The minimum atomic E-state index is -5.95. The van der Waals surface area contributed by atoms with Gasteiger partial charge in [0, 0.05) is 6.08 Å². The van der Waals surface area contributed by atoms with Gasteiger partial charge in [0.05, 0.1) is 18.2 Å². The first-order valence-corrected chi connectivity index (χ1v) is 13.5. The predicted octanol–water partition coefficient (Wildman–Crippen LogP) is 6.81. The average molecular weight is 564 g/mol. The zero-order valence-electron chi connectivity index (χ0n) is 21.7. The second-order valence-corrected chi connectivity index (χ2v) is 11.6. The molecule has 0 aliphatic carbocycles. The number of carbonyl (C=O) groups is 1. The maximum Gasteiger partial charge on any atom is 0.534 e. The minimum Gasteiger partial charge on any atom is -0.484 e. The number of carbonyl (C=O) groups excluding carboxylic acids is 1. The van der Waals surface area contributed by atoms with Crippen molar-refractivity contribution in [1.29, 1.82) is 0 Å². The summed E-state index contributed by atoms with van der Waals surface area (Å²) in [5, 5.41) is 1.87. The first kappa shape index (κ1) is 28.3. The molecular weight excluding hydrogens is 535 g/mol. The number of fused-ring (bicyclic) bond motifs is 2. The fraction of sp³-hybridized carbons (Fsp3) is 0.321. The van der Waals surface area contributed by atoms with Crippen LogP contribution in [-0.2, 0) is 19.0 Å². The van der Waals surface area contributed by atoms with Crippen LogP contribution >= 0.6 is 0 Å². The fourth-order valence-corrected chi connectivity index (χ4v) is 4.72. The number of hydrogen-bond donors (Lipinski definition) is 0. The van der Waals surface area contributed by atoms with Crippen LogP contribution in [0.25, 0.3) is 16.5 Å². The molecule has 0 aromatic heterocycles. The van der Waals surface area contributed by atoms with E-state index in [1.807, 2.05) is 42.5 Å². The molecule has 0 spiro atoms. The lowest BCUT2D eigenvalue weighted by molar-refractivity contribution is -0.0510. The highest BCUT2D eigenvalue weighted by molar-refractivity contribution is 7.87. The summed E-state index contributed by atoms with van der Waals surface area (Å²) in [6, 6.07) is 18.7. The van der Waals surface area contributed by atoms with E-state index in [-0.39, 0.29) is 17.9 Å². The molecule has 4 rings (SSSR count). The number of rotatable bonds is 6. The summed E-state index contributed by atoms with van der Waals surface area (Å²) in [5.74, 6) is -0.430. The Balaban J connectivity index is 1.74. The minimum absolute atomic E-state index is 0.0347. The number of nitrogens with zero attached hydrogens (tertiary/aromatic N) is 1. The molecule has 1 heterocycles. The summed E-state index contributed by atoms with van der Waals surface area (Å²) in [7, 11) is -5.95. The Morgan fingerprint density at radius 1 is 1.00 bits per heavy atom. The summed E-state index contributed by atoms with van der Waals surface area (Å²) >= 11 is 0. The molecule has 2 atom stereocenters. The van der Waals surface area contributed by atoms with Crippen molar-refractivity contribution < 1.29 is 40.0 Å². The molecule has 1 aliphatic heterocycles. The number of ether oxygens (including phenoxy) is 2. The van der Waals surface area contributed by atoms with E-state index in [1.165, 1.54) is 23.1 Å². The molecule has 0 N–H and O–H groups in total. The van der Waals surface area contributed by atoms with Crippen molar-refractivity contribution in [1.82, 2.24) is 4.90 Å². The van der Waals surface area contributed by atoms with Gasteiger partial charge in [-0.25, -0.2) is 4.79 Å². The summed E-state index contributed by atoms with van der Waals surface area (Å²) in [4.78, 5) is 14.8. The van der Waals surface area contributed by atoms with E-state index in [2.05, 4.69) is 4.18 Å². The highest BCUT2D eigenvalue weighted by atomic mass is 32.2. The molecule has 0 saturated heterocycles. The molecule has 0 saturated carbocycles. The summed E-state index contributed by atoms with van der Waals surface area (Å²) in [5.41, 5.74) is -5.61. The zero-order valence-corrected chi connectivity index (χ0v) is 22.5. The van der Waals surface area contributed by atoms with Gasteiger partial charge < -0.3 is 13.7 Å². The quantitative estimate of drug-likeness (QED) is 0.242. The van der Waals surface area contributed by atoms with E-state index in [0.29, 0.717) is 0 Å². The van der Waals surface area contributed by atoms with Crippen LogP contribution in [0.1, 0.15) is 44.9 Å². The average Bonchev–Trinajstić information content (AvgIpc) is 2.84. The number of amides is 1. The lowest BCUT2D eigenvalue weighted by Gasteiger charge is -2.35. The van der Waals surface area contributed by atoms with Crippen molar-refractivity contribution in [3.05, 3.63) is 83.9 Å². The Kier molecular flexibility index (Phi) is 7.57. The smallest absolute Gasteiger partial charge is 0.484 e. The third-order valence-corrected chi connectivity index (χ3v) is 6.96. The Morgan fingerprint density at radius 2 is 1.64 bits per heavy atom. The van der Waals surface area contributed by atoms with Crippen molar-refractivity contribution in [3.8, 4) is 5.75 Å². The topological polar surface area (TPSA) is 82.1 Å². The van der Waals surface area contributed by atoms with Crippen molar-refractivity contribution in [2.24, 2.45) is 0 Å². The van der Waals surface area contributed by atoms with Gasteiger partial charge in [-0.3, -0.25) is 4.90 Å². The molecule has 0 bridgehead atoms. The molecular formula is C28H28F3NO6S. The molecule has 0 fully saturated rings. The third-order valence-electron chi connectivity index (χ3n) is 6.00. The van der Waals surface area contributed by atoms with Gasteiger partial charge >= 0.3 is 21.7 Å². The standard InChI is InChI=1S/C28H28F3NO6S/c1-18(21-14-9-11-19-10-5-6-12-22(19)21)32(26(33)37-27(2,3)4)17-20-16-25(38-39(34,35)28(29,30)31)23-13-7-8-15-24(23)36-20/h5-16,18,20H,17H2,1-4H3/t18-,20?/m1/s1.